The van der Waals surface area contributed by atoms with Gasteiger partial charge in [-0.2, -0.15) is 0 Å². The third kappa shape index (κ3) is 5.06. The Labute approximate surface area is 108 Å². The van der Waals surface area contributed by atoms with Crippen molar-refractivity contribution in [3.8, 4) is 5.75 Å². The summed E-state index contributed by atoms with van der Waals surface area (Å²) < 4.78 is 5.19. The van der Waals surface area contributed by atoms with E-state index in [4.69, 9.17) is 4.74 Å². The number of carbonyl (C=O) groups excluding carboxylic acids is 1. The van der Waals surface area contributed by atoms with Crippen LogP contribution in [0.1, 0.15) is 11.1 Å². The maximum atomic E-state index is 11.2. The van der Waals surface area contributed by atoms with Crippen LogP contribution in [0.25, 0.3) is 0 Å². The predicted octanol–water partition coefficient (Wildman–Crippen LogP) is -2.64. The number of ether oxygens (including phenoxy) is 1. The predicted molar refractivity (Wildman–Crippen MR) is 62.8 cm³/mol. The van der Waals surface area contributed by atoms with Gasteiger partial charge in [0.05, 0.1) is 14.1 Å². The fourth-order valence-electron chi connectivity index (χ4n) is 1.48. The standard InChI is InChI=1S/C12H18N2O2.ClH/c1-9-5-6-11(16-12(15)13-2)10(7-9)8-14(3)4;/h5-7H,8H2,1-4H3,(H,13,15);1H. The quantitative estimate of drug-likeness (QED) is 0.623. The largest absolute Gasteiger partial charge is 1.00 e. The van der Waals surface area contributed by atoms with Gasteiger partial charge >= 0.3 is 6.09 Å². The van der Waals surface area contributed by atoms with E-state index >= 15 is 0 Å². The lowest BCUT2D eigenvalue weighted by atomic mass is 10.1. The highest BCUT2D eigenvalue weighted by atomic mass is 35.5. The van der Waals surface area contributed by atoms with Crippen molar-refractivity contribution in [2.24, 2.45) is 0 Å². The molecule has 17 heavy (non-hydrogen) atoms. The van der Waals surface area contributed by atoms with Gasteiger partial charge in [-0.15, -0.1) is 0 Å². The van der Waals surface area contributed by atoms with E-state index in [0.29, 0.717) is 5.75 Å². The number of aryl methyl sites for hydroxylation is 1. The van der Waals surface area contributed by atoms with Crippen LogP contribution in [0.2, 0.25) is 0 Å². The van der Waals surface area contributed by atoms with Crippen molar-refractivity contribution in [1.29, 1.82) is 0 Å². The molecule has 96 valence electrons. The van der Waals surface area contributed by atoms with Crippen molar-refractivity contribution in [3.63, 3.8) is 0 Å². The number of carbonyl (C=O) groups is 1. The molecule has 0 spiro atoms. The summed E-state index contributed by atoms with van der Waals surface area (Å²) in [6.07, 6.45) is -0.432. The number of hydrogen-bond donors (Lipinski definition) is 2. The van der Waals surface area contributed by atoms with Gasteiger partial charge in [0.15, 0.2) is 0 Å². The molecular weight excluding hydrogens is 240 g/mol. The normalized spacial score (nSPS) is 9.71. The van der Waals surface area contributed by atoms with Gasteiger partial charge in [-0.25, -0.2) is 4.79 Å². The van der Waals surface area contributed by atoms with Crippen molar-refractivity contribution >= 4 is 6.09 Å². The number of hydrogen-bond acceptors (Lipinski definition) is 2. The van der Waals surface area contributed by atoms with Crippen LogP contribution in [0.5, 0.6) is 5.75 Å². The smallest absolute Gasteiger partial charge is 0.412 e. The zero-order chi connectivity index (χ0) is 12.1. The lowest BCUT2D eigenvalue weighted by Gasteiger charge is -2.12. The second kappa shape index (κ2) is 7.14. The Hall–Kier alpha value is -1.26. The zero-order valence-corrected chi connectivity index (χ0v) is 11.4. The van der Waals surface area contributed by atoms with Gasteiger partial charge in [0.2, 0.25) is 0 Å². The molecule has 0 saturated heterocycles. The highest BCUT2D eigenvalue weighted by molar-refractivity contribution is 5.70. The fraction of sp³-hybridized carbons (Fsp3) is 0.417. The topological polar surface area (TPSA) is 42.8 Å². The summed E-state index contributed by atoms with van der Waals surface area (Å²) in [6.45, 7) is 2.85. The number of nitrogens with one attached hydrogen (secondary N) is 2. The Morgan fingerprint density at radius 2 is 2.06 bits per heavy atom. The Morgan fingerprint density at radius 3 is 2.59 bits per heavy atom. The lowest BCUT2D eigenvalue weighted by molar-refractivity contribution is -0.872. The zero-order valence-electron chi connectivity index (χ0n) is 10.6. The van der Waals surface area contributed by atoms with Crippen molar-refractivity contribution in [2.75, 3.05) is 21.1 Å². The molecule has 0 aliphatic carbocycles. The summed E-state index contributed by atoms with van der Waals surface area (Å²) in [6, 6.07) is 5.82. The number of halogens is 1. The van der Waals surface area contributed by atoms with E-state index in [2.05, 4.69) is 19.4 Å². The molecule has 0 fully saturated rings. The molecule has 0 heterocycles. The molecule has 1 aromatic carbocycles. The van der Waals surface area contributed by atoms with Crippen molar-refractivity contribution in [3.05, 3.63) is 29.3 Å². The van der Waals surface area contributed by atoms with E-state index in [1.807, 2.05) is 25.1 Å². The van der Waals surface area contributed by atoms with Crippen LogP contribution in [-0.4, -0.2) is 27.2 Å². The molecule has 0 unspecified atom stereocenters. The van der Waals surface area contributed by atoms with Gasteiger partial charge in [0.1, 0.15) is 12.3 Å². The van der Waals surface area contributed by atoms with Crippen LogP contribution in [-0.2, 0) is 6.54 Å². The van der Waals surface area contributed by atoms with Gasteiger partial charge in [-0.1, -0.05) is 11.6 Å². The second-order valence-electron chi connectivity index (χ2n) is 4.13. The minimum Gasteiger partial charge on any atom is -1.00 e. The first-order chi connectivity index (χ1) is 7.52. The second-order valence-corrected chi connectivity index (χ2v) is 4.13. The third-order valence-electron chi connectivity index (χ3n) is 2.17. The van der Waals surface area contributed by atoms with Crippen LogP contribution in [0, 0.1) is 6.92 Å². The maximum absolute atomic E-state index is 11.2. The SMILES string of the molecule is CNC(=O)Oc1ccc(C)cc1C[NH+](C)C.[Cl-]. The Morgan fingerprint density at radius 1 is 1.41 bits per heavy atom. The Bertz CT molecular complexity index is 381. The number of amides is 1. The summed E-state index contributed by atoms with van der Waals surface area (Å²) in [5.41, 5.74) is 2.21. The molecule has 0 aliphatic rings. The first-order valence-electron chi connectivity index (χ1n) is 5.31. The molecule has 0 aromatic heterocycles. The number of rotatable bonds is 3. The molecule has 4 nitrogen and oxygen atoms in total. The first-order valence-corrected chi connectivity index (χ1v) is 5.31. The molecule has 0 aliphatic heterocycles. The highest BCUT2D eigenvalue weighted by Gasteiger charge is 2.10. The lowest BCUT2D eigenvalue weighted by Crippen LogP contribution is -3.04. The van der Waals surface area contributed by atoms with Gasteiger partial charge in [0, 0.05) is 12.6 Å². The Kier molecular flexibility index (Phi) is 6.61. The molecule has 0 radical (unpaired) electrons. The van der Waals surface area contributed by atoms with Crippen molar-refractivity contribution < 1.29 is 26.8 Å². The minimum absolute atomic E-state index is 0. The van der Waals surface area contributed by atoms with Gasteiger partial charge in [-0.05, 0) is 19.1 Å². The molecule has 0 atom stereocenters. The van der Waals surface area contributed by atoms with Crippen LogP contribution < -0.4 is 27.4 Å². The third-order valence-corrected chi connectivity index (χ3v) is 2.17. The average Bonchev–Trinajstić information content (AvgIpc) is 2.21. The van der Waals surface area contributed by atoms with Crippen LogP contribution >= 0.6 is 0 Å². The van der Waals surface area contributed by atoms with Crippen molar-refractivity contribution in [2.45, 2.75) is 13.5 Å². The number of quaternary nitrogens is 1. The van der Waals surface area contributed by atoms with E-state index in [9.17, 15) is 4.79 Å². The van der Waals surface area contributed by atoms with E-state index in [-0.39, 0.29) is 12.4 Å². The summed E-state index contributed by atoms with van der Waals surface area (Å²) in [5.74, 6) is 0.631. The molecular formula is C12H19ClN2O2. The minimum atomic E-state index is -0.432. The fourth-order valence-corrected chi connectivity index (χ4v) is 1.48. The summed E-state index contributed by atoms with van der Waals surface area (Å²) in [5, 5.41) is 2.44. The van der Waals surface area contributed by atoms with Gasteiger partial charge in [0.25, 0.3) is 0 Å². The van der Waals surface area contributed by atoms with E-state index < -0.39 is 6.09 Å². The molecule has 2 N–H and O–H groups in total. The van der Waals surface area contributed by atoms with Crippen LogP contribution in [0.3, 0.4) is 0 Å². The average molecular weight is 259 g/mol. The maximum Gasteiger partial charge on any atom is 0.412 e. The molecule has 0 saturated carbocycles. The molecule has 1 amide bonds. The monoisotopic (exact) mass is 258 g/mol. The summed E-state index contributed by atoms with van der Waals surface area (Å²) in [7, 11) is 5.67. The van der Waals surface area contributed by atoms with E-state index in [1.165, 1.54) is 10.5 Å². The summed E-state index contributed by atoms with van der Waals surface area (Å²) >= 11 is 0. The summed E-state index contributed by atoms with van der Waals surface area (Å²) in [4.78, 5) is 12.4. The molecule has 1 aromatic rings. The van der Waals surface area contributed by atoms with E-state index in [1.54, 1.807) is 7.05 Å². The molecule has 1 rings (SSSR count). The van der Waals surface area contributed by atoms with Gasteiger partial charge in [-0.3, -0.25) is 0 Å². The van der Waals surface area contributed by atoms with Crippen LogP contribution in [0.15, 0.2) is 18.2 Å². The highest BCUT2D eigenvalue weighted by Crippen LogP contribution is 2.19. The molecule has 0 bridgehead atoms. The van der Waals surface area contributed by atoms with Gasteiger partial charge < -0.3 is 27.4 Å². The Balaban J connectivity index is 0.00000256. The van der Waals surface area contributed by atoms with E-state index in [0.717, 1.165) is 12.1 Å². The van der Waals surface area contributed by atoms with Crippen LogP contribution in [0.4, 0.5) is 4.79 Å². The molecule has 5 heteroatoms. The first kappa shape index (κ1) is 15.7. The number of benzene rings is 1. The van der Waals surface area contributed by atoms with Crippen molar-refractivity contribution in [1.82, 2.24) is 5.32 Å².